The van der Waals surface area contributed by atoms with Crippen molar-refractivity contribution >= 4 is 11.8 Å². The third-order valence-electron chi connectivity index (χ3n) is 3.11. The van der Waals surface area contributed by atoms with E-state index in [4.69, 9.17) is 4.74 Å². The van der Waals surface area contributed by atoms with Crippen molar-refractivity contribution < 1.29 is 14.3 Å². The molecule has 23 heavy (non-hydrogen) atoms. The van der Waals surface area contributed by atoms with Gasteiger partial charge in [-0.2, -0.15) is 0 Å². The Kier molecular flexibility index (Phi) is 8.18. The van der Waals surface area contributed by atoms with Crippen LogP contribution in [0.2, 0.25) is 0 Å². The maximum Gasteiger partial charge on any atom is 0.274 e. The molecular formula is C16H26N4O3. The van der Waals surface area contributed by atoms with Crippen LogP contribution in [0.1, 0.15) is 36.5 Å². The third kappa shape index (κ3) is 7.19. The second kappa shape index (κ2) is 9.89. The first-order chi connectivity index (χ1) is 10.9. The highest BCUT2D eigenvalue weighted by atomic mass is 16.5. The lowest BCUT2D eigenvalue weighted by Crippen LogP contribution is -2.38. The molecule has 1 heterocycles. The molecule has 2 amide bonds. The quantitative estimate of drug-likeness (QED) is 0.687. The van der Waals surface area contributed by atoms with Gasteiger partial charge in [0.2, 0.25) is 5.91 Å². The van der Waals surface area contributed by atoms with E-state index >= 15 is 0 Å². The van der Waals surface area contributed by atoms with Gasteiger partial charge < -0.3 is 15.0 Å². The summed E-state index contributed by atoms with van der Waals surface area (Å²) in [7, 11) is 1.58. The van der Waals surface area contributed by atoms with Gasteiger partial charge in [-0.15, -0.1) is 0 Å². The largest absolute Gasteiger partial charge is 0.383 e. The lowest BCUT2D eigenvalue weighted by molar-refractivity contribution is -0.121. The number of nitrogens with one attached hydrogen (secondary N) is 1. The minimum Gasteiger partial charge on any atom is -0.383 e. The number of amides is 2. The highest BCUT2D eigenvalue weighted by Gasteiger charge is 2.19. The second-order valence-corrected chi connectivity index (χ2v) is 5.78. The zero-order valence-corrected chi connectivity index (χ0v) is 14.3. The fourth-order valence-electron chi connectivity index (χ4n) is 2.00. The van der Waals surface area contributed by atoms with Crippen LogP contribution in [-0.4, -0.2) is 60.0 Å². The first-order valence-electron chi connectivity index (χ1n) is 7.77. The summed E-state index contributed by atoms with van der Waals surface area (Å²) in [5.41, 5.74) is 1.06. The van der Waals surface area contributed by atoms with Crippen LogP contribution in [0.3, 0.4) is 0 Å². The number of hydrogen-bond acceptors (Lipinski definition) is 5. The van der Waals surface area contributed by atoms with E-state index in [2.05, 4.69) is 15.3 Å². The summed E-state index contributed by atoms with van der Waals surface area (Å²) in [5.74, 6) is 0.00315. The van der Waals surface area contributed by atoms with Crippen molar-refractivity contribution in [1.29, 1.82) is 0 Å². The molecule has 0 atom stereocenters. The molecule has 0 fully saturated rings. The topological polar surface area (TPSA) is 84.4 Å². The smallest absolute Gasteiger partial charge is 0.274 e. The fourth-order valence-corrected chi connectivity index (χ4v) is 2.00. The first-order valence-corrected chi connectivity index (χ1v) is 7.77. The van der Waals surface area contributed by atoms with Gasteiger partial charge in [0.15, 0.2) is 0 Å². The van der Waals surface area contributed by atoms with Gasteiger partial charge in [0.05, 0.1) is 18.5 Å². The van der Waals surface area contributed by atoms with E-state index in [0.29, 0.717) is 37.9 Å². The number of aryl methyl sites for hydroxylation is 1. The van der Waals surface area contributed by atoms with E-state index in [-0.39, 0.29) is 18.2 Å². The summed E-state index contributed by atoms with van der Waals surface area (Å²) in [6.45, 7) is 7.73. The van der Waals surface area contributed by atoms with Crippen LogP contribution in [0.25, 0.3) is 0 Å². The minimum atomic E-state index is -0.198. The van der Waals surface area contributed by atoms with Crippen molar-refractivity contribution in [3.05, 3.63) is 23.8 Å². The predicted octanol–water partition coefficient (Wildman–Crippen LogP) is 1.04. The Morgan fingerprint density at radius 1 is 1.30 bits per heavy atom. The van der Waals surface area contributed by atoms with E-state index in [0.717, 1.165) is 5.69 Å². The van der Waals surface area contributed by atoms with Gasteiger partial charge in [0.1, 0.15) is 5.69 Å². The van der Waals surface area contributed by atoms with Gasteiger partial charge in [0, 0.05) is 39.4 Å². The number of ether oxygens (including phenoxy) is 1. The van der Waals surface area contributed by atoms with Crippen molar-refractivity contribution in [2.75, 3.05) is 33.4 Å². The molecule has 1 rings (SSSR count). The number of rotatable bonds is 9. The molecule has 0 aliphatic rings. The van der Waals surface area contributed by atoms with E-state index in [1.807, 2.05) is 20.8 Å². The Morgan fingerprint density at radius 2 is 2.04 bits per heavy atom. The zero-order chi connectivity index (χ0) is 17.2. The van der Waals surface area contributed by atoms with Crippen molar-refractivity contribution in [3.63, 3.8) is 0 Å². The maximum absolute atomic E-state index is 12.5. The van der Waals surface area contributed by atoms with Crippen molar-refractivity contribution in [2.45, 2.75) is 27.2 Å². The molecule has 0 aromatic carbocycles. The molecule has 128 valence electrons. The van der Waals surface area contributed by atoms with Crippen molar-refractivity contribution in [3.8, 4) is 0 Å². The molecule has 0 saturated heterocycles. The monoisotopic (exact) mass is 322 g/mol. The van der Waals surface area contributed by atoms with Crippen LogP contribution in [0.5, 0.6) is 0 Å². The van der Waals surface area contributed by atoms with Crippen LogP contribution < -0.4 is 5.32 Å². The Morgan fingerprint density at radius 3 is 2.61 bits per heavy atom. The molecule has 0 unspecified atom stereocenters. The number of carbonyl (C=O) groups is 2. The Balaban J connectivity index is 2.63. The molecule has 0 aliphatic carbocycles. The Labute approximate surface area is 137 Å². The molecular weight excluding hydrogens is 296 g/mol. The van der Waals surface area contributed by atoms with Gasteiger partial charge in [-0.05, 0) is 12.8 Å². The molecule has 7 nitrogen and oxygen atoms in total. The molecule has 0 bridgehead atoms. The molecule has 0 saturated carbocycles. The molecule has 1 aromatic rings. The van der Waals surface area contributed by atoms with Gasteiger partial charge in [-0.1, -0.05) is 13.8 Å². The summed E-state index contributed by atoms with van der Waals surface area (Å²) < 4.78 is 4.88. The molecule has 7 heteroatoms. The summed E-state index contributed by atoms with van der Waals surface area (Å²) in [4.78, 5) is 34.2. The Hall–Kier alpha value is -2.02. The average Bonchev–Trinajstić information content (AvgIpc) is 2.51. The highest BCUT2D eigenvalue weighted by molar-refractivity contribution is 5.92. The van der Waals surface area contributed by atoms with E-state index in [1.54, 1.807) is 18.2 Å². The average molecular weight is 322 g/mol. The normalized spacial score (nSPS) is 10.7. The van der Waals surface area contributed by atoms with Crippen LogP contribution in [0.15, 0.2) is 12.4 Å². The molecule has 0 aliphatic heterocycles. The molecule has 0 spiro atoms. The van der Waals surface area contributed by atoms with Crippen LogP contribution >= 0.6 is 0 Å². The van der Waals surface area contributed by atoms with Crippen LogP contribution in [-0.2, 0) is 9.53 Å². The maximum atomic E-state index is 12.5. The van der Waals surface area contributed by atoms with Crippen molar-refractivity contribution in [2.24, 2.45) is 5.92 Å². The highest BCUT2D eigenvalue weighted by Crippen LogP contribution is 2.06. The lowest BCUT2D eigenvalue weighted by atomic mass is 10.2. The second-order valence-electron chi connectivity index (χ2n) is 5.78. The molecule has 1 aromatic heterocycles. The lowest BCUT2D eigenvalue weighted by Gasteiger charge is -2.24. The fraction of sp³-hybridized carbons (Fsp3) is 0.625. The van der Waals surface area contributed by atoms with Gasteiger partial charge >= 0.3 is 0 Å². The molecule has 1 N–H and O–H groups in total. The summed E-state index contributed by atoms with van der Waals surface area (Å²) in [6.07, 6.45) is 3.30. The van der Waals surface area contributed by atoms with Crippen LogP contribution in [0.4, 0.5) is 0 Å². The van der Waals surface area contributed by atoms with E-state index in [9.17, 15) is 9.59 Å². The summed E-state index contributed by atoms with van der Waals surface area (Å²) >= 11 is 0. The van der Waals surface area contributed by atoms with Crippen molar-refractivity contribution in [1.82, 2.24) is 20.2 Å². The predicted molar refractivity (Wildman–Crippen MR) is 87.0 cm³/mol. The van der Waals surface area contributed by atoms with Crippen LogP contribution in [0, 0.1) is 12.8 Å². The SMILES string of the molecule is COCCNC(=O)CCN(CC(C)C)C(=O)c1cnc(C)cn1. The van der Waals surface area contributed by atoms with Gasteiger partial charge in [-0.3, -0.25) is 14.6 Å². The zero-order valence-electron chi connectivity index (χ0n) is 14.3. The number of aromatic nitrogens is 2. The minimum absolute atomic E-state index is 0.0985. The van der Waals surface area contributed by atoms with Gasteiger partial charge in [0.25, 0.3) is 5.91 Å². The number of carbonyl (C=O) groups excluding carboxylic acids is 2. The number of methoxy groups -OCH3 is 1. The van der Waals surface area contributed by atoms with E-state index < -0.39 is 0 Å². The van der Waals surface area contributed by atoms with Gasteiger partial charge in [-0.25, -0.2) is 4.98 Å². The summed E-state index contributed by atoms with van der Waals surface area (Å²) in [5, 5.41) is 2.75. The standard InChI is InChI=1S/C16H26N4O3/c1-12(2)11-20(7-5-15(21)17-6-8-23-4)16(22)14-10-18-13(3)9-19-14/h9-10,12H,5-8,11H2,1-4H3,(H,17,21). The third-order valence-corrected chi connectivity index (χ3v) is 3.11. The van der Waals surface area contributed by atoms with E-state index in [1.165, 1.54) is 6.20 Å². The first kappa shape index (κ1) is 19.0. The number of nitrogens with zero attached hydrogens (tertiary/aromatic N) is 3. The Bertz CT molecular complexity index is 503. The summed E-state index contributed by atoms with van der Waals surface area (Å²) in [6, 6.07) is 0. The molecule has 0 radical (unpaired) electrons. The number of hydrogen-bond donors (Lipinski definition) is 1.